The Hall–Kier alpha value is -2.77. The van der Waals surface area contributed by atoms with Crippen molar-refractivity contribution in [1.29, 1.82) is 0 Å². The molecule has 4 rings (SSSR count). The van der Waals surface area contributed by atoms with Crippen LogP contribution in [-0.2, 0) is 4.74 Å². The van der Waals surface area contributed by atoms with E-state index < -0.39 is 6.36 Å². The van der Waals surface area contributed by atoms with Gasteiger partial charge in [-0.05, 0) is 35.7 Å². The first-order chi connectivity index (χ1) is 14.7. The molecular weight excluding hydrogens is 452 g/mol. The van der Waals surface area contributed by atoms with Crippen LogP contribution < -0.4 is 4.74 Å². The molecule has 3 aromatic rings. The molecule has 0 N–H and O–H groups in total. The first kappa shape index (κ1) is 21.5. The zero-order chi connectivity index (χ0) is 22.2. The van der Waals surface area contributed by atoms with Crippen LogP contribution in [0.25, 0.3) is 11.1 Å². The first-order valence-electron chi connectivity index (χ1n) is 9.21. The van der Waals surface area contributed by atoms with E-state index in [-0.39, 0.29) is 17.9 Å². The van der Waals surface area contributed by atoms with Gasteiger partial charge in [0, 0.05) is 12.4 Å². The molecule has 2 atom stereocenters. The number of hydrogen-bond acceptors (Lipinski definition) is 4. The maximum Gasteiger partial charge on any atom is 0.573 e. The molecular formula is C22H15Cl2F3N2O2. The van der Waals surface area contributed by atoms with Crippen molar-refractivity contribution < 1.29 is 22.6 Å². The number of aliphatic imine (C=N–C) groups is 1. The van der Waals surface area contributed by atoms with Crippen LogP contribution >= 0.6 is 23.2 Å². The number of benzene rings is 2. The van der Waals surface area contributed by atoms with Crippen molar-refractivity contribution >= 4 is 29.1 Å². The Morgan fingerprint density at radius 3 is 2.00 bits per heavy atom. The van der Waals surface area contributed by atoms with Crippen LogP contribution in [0.15, 0.2) is 65.9 Å². The molecule has 1 aliphatic rings. The third kappa shape index (κ3) is 4.78. The maximum atomic E-state index is 12.3. The number of nitrogens with zero attached hydrogens (tertiary/aromatic N) is 2. The summed E-state index contributed by atoms with van der Waals surface area (Å²) in [5.41, 5.74) is 3.03. The number of alkyl halides is 3. The summed E-state index contributed by atoms with van der Waals surface area (Å²) in [5, 5.41) is 0.708. The fraction of sp³-hybridized carbons (Fsp3) is 0.182. The normalized spacial score (nSPS) is 18.5. The van der Waals surface area contributed by atoms with E-state index in [1.165, 1.54) is 24.5 Å². The van der Waals surface area contributed by atoms with Gasteiger partial charge in [0.25, 0.3) is 0 Å². The number of aromatic nitrogens is 1. The molecule has 9 heteroatoms. The van der Waals surface area contributed by atoms with Crippen molar-refractivity contribution in [2.45, 2.75) is 25.4 Å². The van der Waals surface area contributed by atoms with E-state index in [1.54, 1.807) is 12.1 Å². The number of rotatable bonds is 4. The van der Waals surface area contributed by atoms with Gasteiger partial charge in [-0.15, -0.1) is 13.2 Å². The summed E-state index contributed by atoms with van der Waals surface area (Å²) in [6, 6.07) is 13.0. The molecule has 160 valence electrons. The molecule has 0 radical (unpaired) electrons. The zero-order valence-corrected chi connectivity index (χ0v) is 17.5. The lowest BCUT2D eigenvalue weighted by atomic mass is 9.99. The van der Waals surface area contributed by atoms with Crippen molar-refractivity contribution in [3.05, 3.63) is 82.1 Å². The van der Waals surface area contributed by atoms with Gasteiger partial charge in [0.15, 0.2) is 0 Å². The topological polar surface area (TPSA) is 43.7 Å². The maximum absolute atomic E-state index is 12.3. The highest BCUT2D eigenvalue weighted by Crippen LogP contribution is 2.35. The SMILES string of the molecule is C[C@@H]1OC(c2c(Cl)cncc2Cl)=N[C@H]1c1ccc(-c2ccc(OC(F)(F)F)cc2)cc1. The Morgan fingerprint density at radius 2 is 1.45 bits per heavy atom. The van der Waals surface area contributed by atoms with Crippen LogP contribution in [0.3, 0.4) is 0 Å². The van der Waals surface area contributed by atoms with Crippen LogP contribution in [-0.4, -0.2) is 23.3 Å². The van der Waals surface area contributed by atoms with Crippen molar-refractivity contribution in [2.75, 3.05) is 0 Å². The summed E-state index contributed by atoms with van der Waals surface area (Å²) in [5.74, 6) is 0.0966. The molecule has 1 aliphatic heterocycles. The molecule has 0 fully saturated rings. The molecule has 31 heavy (non-hydrogen) atoms. The monoisotopic (exact) mass is 466 g/mol. The third-order valence-electron chi connectivity index (χ3n) is 4.74. The second-order valence-electron chi connectivity index (χ2n) is 6.87. The van der Waals surface area contributed by atoms with Gasteiger partial charge < -0.3 is 9.47 Å². The third-order valence-corrected chi connectivity index (χ3v) is 5.31. The van der Waals surface area contributed by atoms with Crippen LogP contribution in [0, 0.1) is 0 Å². The quantitative estimate of drug-likeness (QED) is 0.421. The zero-order valence-electron chi connectivity index (χ0n) is 16.0. The molecule has 0 saturated carbocycles. The molecule has 0 unspecified atom stereocenters. The van der Waals surface area contributed by atoms with Gasteiger partial charge in [0.1, 0.15) is 17.9 Å². The van der Waals surface area contributed by atoms with Gasteiger partial charge in [-0.2, -0.15) is 0 Å². The summed E-state index contributed by atoms with van der Waals surface area (Å²) < 4.78 is 46.7. The minimum atomic E-state index is -4.71. The number of ether oxygens (including phenoxy) is 2. The van der Waals surface area contributed by atoms with Crippen LogP contribution in [0.5, 0.6) is 5.75 Å². The smallest absolute Gasteiger partial charge is 0.472 e. The van der Waals surface area contributed by atoms with Gasteiger partial charge in [0.05, 0.1) is 15.6 Å². The lowest BCUT2D eigenvalue weighted by molar-refractivity contribution is -0.274. The van der Waals surface area contributed by atoms with Gasteiger partial charge in [-0.1, -0.05) is 59.6 Å². The van der Waals surface area contributed by atoms with Crippen molar-refractivity contribution in [1.82, 2.24) is 4.98 Å². The number of pyridine rings is 1. The summed E-state index contributed by atoms with van der Waals surface area (Å²) in [7, 11) is 0. The Morgan fingerprint density at radius 1 is 0.903 bits per heavy atom. The first-order valence-corrected chi connectivity index (χ1v) is 9.97. The van der Waals surface area contributed by atoms with E-state index in [4.69, 9.17) is 27.9 Å². The fourth-order valence-electron chi connectivity index (χ4n) is 3.31. The second kappa shape index (κ2) is 8.40. The fourth-order valence-corrected chi connectivity index (χ4v) is 3.84. The number of hydrogen-bond donors (Lipinski definition) is 0. The lowest BCUT2D eigenvalue weighted by Crippen LogP contribution is -2.16. The van der Waals surface area contributed by atoms with Gasteiger partial charge in [0.2, 0.25) is 5.90 Å². The largest absolute Gasteiger partial charge is 0.573 e. The average molecular weight is 467 g/mol. The highest BCUT2D eigenvalue weighted by atomic mass is 35.5. The summed E-state index contributed by atoms with van der Waals surface area (Å²) in [6.07, 6.45) is -1.99. The molecule has 1 aromatic heterocycles. The molecule has 0 aliphatic carbocycles. The predicted octanol–water partition coefficient (Wildman–Crippen LogP) is 6.86. The molecule has 2 heterocycles. The molecule has 2 aromatic carbocycles. The molecule has 0 spiro atoms. The minimum absolute atomic E-state index is 0.236. The highest BCUT2D eigenvalue weighted by molar-refractivity contribution is 6.39. The summed E-state index contributed by atoms with van der Waals surface area (Å²) >= 11 is 12.4. The minimum Gasteiger partial charge on any atom is -0.472 e. The highest BCUT2D eigenvalue weighted by Gasteiger charge is 2.32. The van der Waals surface area contributed by atoms with Crippen LogP contribution in [0.1, 0.15) is 24.1 Å². The molecule has 4 nitrogen and oxygen atoms in total. The predicted molar refractivity (Wildman–Crippen MR) is 113 cm³/mol. The van der Waals surface area contributed by atoms with Crippen molar-refractivity contribution in [3.63, 3.8) is 0 Å². The van der Waals surface area contributed by atoms with E-state index in [9.17, 15) is 13.2 Å². The lowest BCUT2D eigenvalue weighted by Gasteiger charge is -2.14. The van der Waals surface area contributed by atoms with Crippen LogP contribution in [0.2, 0.25) is 10.0 Å². The van der Waals surface area contributed by atoms with E-state index in [2.05, 4.69) is 14.7 Å². The summed E-state index contributed by atoms with van der Waals surface area (Å²) in [6.45, 7) is 1.90. The van der Waals surface area contributed by atoms with E-state index in [0.717, 1.165) is 16.7 Å². The van der Waals surface area contributed by atoms with Gasteiger partial charge in [-0.3, -0.25) is 4.98 Å². The second-order valence-corrected chi connectivity index (χ2v) is 7.69. The Labute approximate surface area is 186 Å². The Balaban J connectivity index is 1.55. The van der Waals surface area contributed by atoms with E-state index >= 15 is 0 Å². The van der Waals surface area contributed by atoms with Gasteiger partial charge >= 0.3 is 6.36 Å². The summed E-state index contributed by atoms with van der Waals surface area (Å²) in [4.78, 5) is 8.59. The Kier molecular flexibility index (Phi) is 5.81. The van der Waals surface area contributed by atoms with E-state index in [0.29, 0.717) is 21.5 Å². The van der Waals surface area contributed by atoms with Crippen molar-refractivity contribution in [2.24, 2.45) is 4.99 Å². The van der Waals surface area contributed by atoms with E-state index in [1.807, 2.05) is 31.2 Å². The molecule has 0 bridgehead atoms. The Bertz CT molecular complexity index is 1100. The van der Waals surface area contributed by atoms with Crippen LogP contribution in [0.4, 0.5) is 13.2 Å². The molecule has 0 amide bonds. The standard InChI is InChI=1S/C22H15Cl2F3N2O2/c1-12-20(29-21(30-12)19-17(23)10-28-11-18(19)24)15-4-2-13(3-5-15)14-6-8-16(9-7-14)31-22(25,26)27/h2-12,20H,1H3/t12-,20+/m0/s1. The molecule has 0 saturated heterocycles. The van der Waals surface area contributed by atoms with Crippen molar-refractivity contribution in [3.8, 4) is 16.9 Å². The van der Waals surface area contributed by atoms with Gasteiger partial charge in [-0.25, -0.2) is 4.99 Å². The number of halogens is 5. The average Bonchev–Trinajstić information content (AvgIpc) is 3.08.